The summed E-state index contributed by atoms with van der Waals surface area (Å²) in [6, 6.07) is 1.11. The van der Waals surface area contributed by atoms with Gasteiger partial charge < -0.3 is 15.3 Å². The first kappa shape index (κ1) is 20.7. The van der Waals surface area contributed by atoms with E-state index < -0.39 is 0 Å². The number of likely N-dealkylation sites (tertiary alicyclic amines) is 1. The maximum absolute atomic E-state index is 12.3. The summed E-state index contributed by atoms with van der Waals surface area (Å²) < 4.78 is 1.72. The van der Waals surface area contributed by atoms with E-state index in [2.05, 4.69) is 32.1 Å². The first-order chi connectivity index (χ1) is 12.6. The minimum atomic E-state index is -0.250. The number of rotatable bonds is 5. The second-order valence-electron chi connectivity index (χ2n) is 6.79. The summed E-state index contributed by atoms with van der Waals surface area (Å²) in [5, 5.41) is 14.2. The average molecular weight is 384 g/mol. The van der Waals surface area contributed by atoms with Gasteiger partial charge in [0.15, 0.2) is 0 Å². The highest BCUT2D eigenvalue weighted by atomic mass is 32.2. The molecule has 1 atom stereocenters. The molecule has 1 aromatic heterocycles. The Labute approximate surface area is 158 Å². The minimum Gasteiger partial charge on any atom is -0.483 e. The van der Waals surface area contributed by atoms with E-state index in [1.807, 2.05) is 6.92 Å². The molecule has 0 aromatic carbocycles. The zero-order valence-corrected chi connectivity index (χ0v) is 16.1. The molecule has 1 amide bonds. The monoisotopic (exact) mass is 383 g/mol. The van der Waals surface area contributed by atoms with Gasteiger partial charge in [0.25, 0.3) is 6.47 Å². The molecule has 2 aliphatic rings. The molecule has 3 rings (SSSR count). The molecule has 2 saturated heterocycles. The fourth-order valence-corrected chi connectivity index (χ4v) is 4.57. The normalized spacial score (nSPS) is 20.7. The summed E-state index contributed by atoms with van der Waals surface area (Å²) in [6.07, 6.45) is 7.97. The highest BCUT2D eigenvalue weighted by Gasteiger charge is 2.27. The fourth-order valence-electron chi connectivity index (χ4n) is 3.49. The van der Waals surface area contributed by atoms with Gasteiger partial charge in [-0.1, -0.05) is 6.92 Å². The summed E-state index contributed by atoms with van der Waals surface area (Å²) >= 11 is 2.08. The Hall–Kier alpha value is -1.61. The lowest BCUT2D eigenvalue weighted by atomic mass is 10.00. The van der Waals surface area contributed by atoms with Crippen LogP contribution in [0, 0.1) is 5.92 Å². The van der Waals surface area contributed by atoms with Crippen LogP contribution in [0.1, 0.15) is 32.6 Å². The SMILES string of the molecule is CC(Cn1cncn1)C(=O)NC1CCN(C2CCSCC2)CC1.O=CO. The number of carbonyl (C=O) groups is 2. The molecule has 0 saturated carbocycles. The van der Waals surface area contributed by atoms with E-state index in [9.17, 15) is 4.79 Å². The minimum absolute atomic E-state index is 0.0786. The third kappa shape index (κ3) is 6.60. The lowest BCUT2D eigenvalue weighted by molar-refractivity contribution is -0.126. The van der Waals surface area contributed by atoms with E-state index in [1.165, 1.54) is 30.7 Å². The Bertz CT molecular complexity index is 529. The van der Waals surface area contributed by atoms with Crippen LogP contribution in [0.5, 0.6) is 0 Å². The van der Waals surface area contributed by atoms with Crippen molar-refractivity contribution in [3.8, 4) is 0 Å². The lowest BCUT2D eigenvalue weighted by Gasteiger charge is -2.39. The Balaban J connectivity index is 0.000000758. The van der Waals surface area contributed by atoms with Crippen molar-refractivity contribution in [3.05, 3.63) is 12.7 Å². The zero-order chi connectivity index (χ0) is 18.8. The van der Waals surface area contributed by atoms with Gasteiger partial charge in [0.2, 0.25) is 5.91 Å². The Morgan fingerprint density at radius 2 is 2.00 bits per heavy atom. The number of piperidine rings is 1. The number of carboxylic acid groups (broad SMARTS) is 1. The largest absolute Gasteiger partial charge is 0.483 e. The second kappa shape index (κ2) is 11.2. The Kier molecular flexibility index (Phi) is 8.90. The Morgan fingerprint density at radius 3 is 2.58 bits per heavy atom. The van der Waals surface area contributed by atoms with Crippen LogP contribution in [0.3, 0.4) is 0 Å². The summed E-state index contributed by atoms with van der Waals surface area (Å²) in [5.41, 5.74) is 0. The first-order valence-electron chi connectivity index (χ1n) is 9.16. The summed E-state index contributed by atoms with van der Waals surface area (Å²) in [5.74, 6) is 2.67. The molecule has 9 heteroatoms. The van der Waals surface area contributed by atoms with Crippen molar-refractivity contribution < 1.29 is 14.7 Å². The topological polar surface area (TPSA) is 100 Å². The van der Waals surface area contributed by atoms with Crippen molar-refractivity contribution in [3.63, 3.8) is 0 Å². The van der Waals surface area contributed by atoms with Crippen molar-refractivity contribution >= 4 is 24.1 Å². The maximum Gasteiger partial charge on any atom is 0.290 e. The molecule has 0 spiro atoms. The molecular formula is C17H29N5O3S. The van der Waals surface area contributed by atoms with Crippen LogP contribution < -0.4 is 5.32 Å². The van der Waals surface area contributed by atoms with Crippen molar-refractivity contribution in [1.82, 2.24) is 25.0 Å². The molecule has 2 N–H and O–H groups in total. The Morgan fingerprint density at radius 1 is 1.35 bits per heavy atom. The third-order valence-electron chi connectivity index (χ3n) is 4.96. The van der Waals surface area contributed by atoms with Gasteiger partial charge in [0.1, 0.15) is 12.7 Å². The molecule has 8 nitrogen and oxygen atoms in total. The maximum atomic E-state index is 12.3. The van der Waals surface area contributed by atoms with Crippen LogP contribution in [-0.2, 0) is 16.1 Å². The first-order valence-corrected chi connectivity index (χ1v) is 10.3. The van der Waals surface area contributed by atoms with Gasteiger partial charge in [-0.15, -0.1) is 0 Å². The number of hydrogen-bond acceptors (Lipinski definition) is 6. The van der Waals surface area contributed by atoms with Crippen molar-refractivity contribution in [2.75, 3.05) is 24.6 Å². The van der Waals surface area contributed by atoms with E-state index in [-0.39, 0.29) is 18.3 Å². The lowest BCUT2D eigenvalue weighted by Crippen LogP contribution is -2.49. The molecule has 1 unspecified atom stereocenters. The number of hydrogen-bond donors (Lipinski definition) is 2. The molecule has 146 valence electrons. The molecule has 3 heterocycles. The van der Waals surface area contributed by atoms with Crippen LogP contribution in [0.4, 0.5) is 0 Å². The number of aromatic nitrogens is 3. The van der Waals surface area contributed by atoms with Crippen LogP contribution in [-0.4, -0.2) is 73.8 Å². The molecular weight excluding hydrogens is 354 g/mol. The van der Waals surface area contributed by atoms with Crippen LogP contribution >= 0.6 is 11.8 Å². The van der Waals surface area contributed by atoms with Crippen molar-refractivity contribution in [2.24, 2.45) is 5.92 Å². The number of carbonyl (C=O) groups excluding carboxylic acids is 1. The fraction of sp³-hybridized carbons (Fsp3) is 0.765. The number of thioether (sulfide) groups is 1. The van der Waals surface area contributed by atoms with Gasteiger partial charge in [0.05, 0.1) is 12.5 Å². The second-order valence-corrected chi connectivity index (χ2v) is 8.01. The summed E-state index contributed by atoms with van der Waals surface area (Å²) in [6.45, 7) is 4.53. The molecule has 2 aliphatic heterocycles. The zero-order valence-electron chi connectivity index (χ0n) is 15.3. The highest BCUT2D eigenvalue weighted by molar-refractivity contribution is 7.99. The molecule has 0 radical (unpaired) electrons. The highest BCUT2D eigenvalue weighted by Crippen LogP contribution is 2.24. The predicted octanol–water partition coefficient (Wildman–Crippen LogP) is 1.09. The quantitative estimate of drug-likeness (QED) is 0.734. The van der Waals surface area contributed by atoms with E-state index in [0.717, 1.165) is 32.0 Å². The number of nitrogens with one attached hydrogen (secondary N) is 1. The third-order valence-corrected chi connectivity index (χ3v) is 6.01. The number of nitrogens with zero attached hydrogens (tertiary/aromatic N) is 4. The van der Waals surface area contributed by atoms with E-state index in [4.69, 9.17) is 9.90 Å². The predicted molar refractivity (Wildman–Crippen MR) is 101 cm³/mol. The van der Waals surface area contributed by atoms with Gasteiger partial charge in [-0.25, -0.2) is 4.98 Å². The van der Waals surface area contributed by atoms with Crippen molar-refractivity contribution in [2.45, 2.75) is 51.2 Å². The van der Waals surface area contributed by atoms with E-state index >= 15 is 0 Å². The summed E-state index contributed by atoms with van der Waals surface area (Å²) in [4.78, 5) is 27.2. The van der Waals surface area contributed by atoms with Gasteiger partial charge >= 0.3 is 0 Å². The van der Waals surface area contributed by atoms with Gasteiger partial charge in [-0.05, 0) is 37.2 Å². The smallest absolute Gasteiger partial charge is 0.290 e. The standard InChI is InChI=1S/C16H27N5OS.CH2O2/c1-13(10-21-12-17-11-18-21)16(22)19-14-2-6-20(7-3-14)15-4-8-23-9-5-15;2-1-3/h11-15H,2-10H2,1H3,(H,19,22);1H,(H,2,3). The molecule has 2 fully saturated rings. The molecule has 26 heavy (non-hydrogen) atoms. The average Bonchev–Trinajstić information content (AvgIpc) is 3.17. The van der Waals surface area contributed by atoms with E-state index in [1.54, 1.807) is 11.0 Å². The summed E-state index contributed by atoms with van der Waals surface area (Å²) in [7, 11) is 0. The van der Waals surface area contributed by atoms with Crippen molar-refractivity contribution in [1.29, 1.82) is 0 Å². The molecule has 1 aromatic rings. The van der Waals surface area contributed by atoms with E-state index in [0.29, 0.717) is 12.6 Å². The van der Waals surface area contributed by atoms with Crippen LogP contribution in [0.15, 0.2) is 12.7 Å². The molecule has 0 aliphatic carbocycles. The van der Waals surface area contributed by atoms with Crippen LogP contribution in [0.25, 0.3) is 0 Å². The number of amides is 1. The van der Waals surface area contributed by atoms with Gasteiger partial charge in [0, 0.05) is 25.2 Å². The van der Waals surface area contributed by atoms with Gasteiger partial charge in [-0.3, -0.25) is 14.3 Å². The van der Waals surface area contributed by atoms with Gasteiger partial charge in [-0.2, -0.15) is 16.9 Å². The molecule has 0 bridgehead atoms. The van der Waals surface area contributed by atoms with Crippen LogP contribution in [0.2, 0.25) is 0 Å².